The van der Waals surface area contributed by atoms with Crippen molar-refractivity contribution in [2.24, 2.45) is 0 Å². The summed E-state index contributed by atoms with van der Waals surface area (Å²) in [5.41, 5.74) is 2.42. The van der Waals surface area contributed by atoms with Crippen molar-refractivity contribution in [1.82, 2.24) is 5.32 Å². The second kappa shape index (κ2) is 8.47. The minimum absolute atomic E-state index is 0.130. The number of hydrogen-bond donors (Lipinski definition) is 1. The third kappa shape index (κ3) is 5.08. The van der Waals surface area contributed by atoms with Crippen LogP contribution < -0.4 is 5.32 Å². The number of methoxy groups -OCH3 is 1. The van der Waals surface area contributed by atoms with Crippen LogP contribution in [0.1, 0.15) is 67.9 Å². The van der Waals surface area contributed by atoms with E-state index in [2.05, 4.69) is 18.6 Å². The van der Waals surface area contributed by atoms with Crippen molar-refractivity contribution in [2.75, 3.05) is 7.11 Å². The Hall–Kier alpha value is -2.37. The molecular weight excluding hydrogens is 310 g/mol. The predicted octanol–water partition coefficient (Wildman–Crippen LogP) is 3.36. The van der Waals surface area contributed by atoms with E-state index >= 15 is 0 Å². The molecule has 0 saturated carbocycles. The molecular formula is C18H25NO5. The molecule has 0 saturated heterocycles. The first kappa shape index (κ1) is 19.7. The summed E-state index contributed by atoms with van der Waals surface area (Å²) in [7, 11) is 1.14. The molecule has 1 rings (SSSR count). The summed E-state index contributed by atoms with van der Waals surface area (Å²) in [6.45, 7) is 9.54. The highest BCUT2D eigenvalue weighted by Crippen LogP contribution is 2.25. The summed E-state index contributed by atoms with van der Waals surface area (Å²) >= 11 is 0. The molecule has 24 heavy (non-hydrogen) atoms. The fraction of sp³-hybridized carbons (Fsp3) is 0.500. The van der Waals surface area contributed by atoms with Gasteiger partial charge in [0.2, 0.25) is 0 Å². The van der Waals surface area contributed by atoms with Crippen LogP contribution in [0.3, 0.4) is 0 Å². The highest BCUT2D eigenvalue weighted by Gasteiger charge is 2.23. The summed E-state index contributed by atoms with van der Waals surface area (Å²) in [4.78, 5) is 35.2. The number of hydrogen-bond acceptors (Lipinski definition) is 5. The van der Waals surface area contributed by atoms with Gasteiger partial charge in [0.1, 0.15) is 0 Å². The van der Waals surface area contributed by atoms with E-state index in [0.717, 1.165) is 18.2 Å². The molecule has 1 aromatic rings. The second-order valence-corrected chi connectivity index (χ2v) is 6.18. The van der Waals surface area contributed by atoms with Crippen LogP contribution in [0.5, 0.6) is 0 Å². The Kier molecular flexibility index (Phi) is 6.95. The molecule has 0 aliphatic carbocycles. The molecule has 0 aliphatic heterocycles. The Morgan fingerprint density at radius 1 is 1.00 bits per heavy atom. The summed E-state index contributed by atoms with van der Waals surface area (Å²) in [5.74, 6) is -0.857. The average molecular weight is 335 g/mol. The van der Waals surface area contributed by atoms with E-state index in [1.54, 1.807) is 6.07 Å². The first-order chi connectivity index (χ1) is 11.2. The number of ether oxygens (including phenoxy) is 2. The van der Waals surface area contributed by atoms with Gasteiger partial charge in [-0.2, -0.15) is 0 Å². The lowest BCUT2D eigenvalue weighted by molar-refractivity contribution is -0.128. The summed E-state index contributed by atoms with van der Waals surface area (Å²) < 4.78 is 9.51. The molecule has 6 heteroatoms. The van der Waals surface area contributed by atoms with Crippen LogP contribution in [0.15, 0.2) is 18.2 Å². The van der Waals surface area contributed by atoms with Gasteiger partial charge in [-0.1, -0.05) is 39.8 Å². The van der Waals surface area contributed by atoms with E-state index in [0.29, 0.717) is 11.5 Å². The predicted molar refractivity (Wildman–Crippen MR) is 90.0 cm³/mol. The number of nitrogens with one attached hydrogen (secondary N) is 1. The van der Waals surface area contributed by atoms with Crippen LogP contribution in [0.2, 0.25) is 0 Å². The smallest absolute Gasteiger partial charge is 0.413 e. The number of carbonyl (C=O) groups is 3. The van der Waals surface area contributed by atoms with Crippen molar-refractivity contribution in [3.8, 4) is 0 Å². The van der Waals surface area contributed by atoms with Gasteiger partial charge in [-0.3, -0.25) is 10.1 Å². The zero-order valence-corrected chi connectivity index (χ0v) is 15.0. The topological polar surface area (TPSA) is 81.7 Å². The summed E-state index contributed by atoms with van der Waals surface area (Å²) in [6.07, 6.45) is -2.01. The number of benzene rings is 1. The number of alkyl carbamates (subject to hydrolysis) is 1. The van der Waals surface area contributed by atoms with E-state index in [9.17, 15) is 14.4 Å². The Bertz CT molecular complexity index is 622. The maximum absolute atomic E-state index is 12.4. The fourth-order valence-electron chi connectivity index (χ4n) is 2.13. The van der Waals surface area contributed by atoms with Gasteiger partial charge in [0.05, 0.1) is 12.7 Å². The Morgan fingerprint density at radius 3 is 2.12 bits per heavy atom. The molecule has 0 spiro atoms. The van der Waals surface area contributed by atoms with Gasteiger partial charge >= 0.3 is 12.1 Å². The molecule has 0 radical (unpaired) electrons. The van der Waals surface area contributed by atoms with E-state index in [1.165, 1.54) is 6.92 Å². The molecule has 0 aromatic heterocycles. The summed E-state index contributed by atoms with van der Waals surface area (Å²) in [6, 6.07) is 5.59. The normalized spacial score (nSPS) is 12.0. The number of amides is 2. The van der Waals surface area contributed by atoms with Gasteiger partial charge < -0.3 is 9.47 Å². The zero-order valence-electron chi connectivity index (χ0n) is 15.0. The van der Waals surface area contributed by atoms with Gasteiger partial charge in [0, 0.05) is 0 Å². The maximum atomic E-state index is 12.4. The minimum Gasteiger partial charge on any atom is -0.453 e. The minimum atomic E-state index is -1.11. The second-order valence-electron chi connectivity index (χ2n) is 6.18. The fourth-order valence-corrected chi connectivity index (χ4v) is 2.13. The van der Waals surface area contributed by atoms with E-state index < -0.39 is 24.1 Å². The molecule has 0 unspecified atom stereocenters. The lowest BCUT2D eigenvalue weighted by atomic mass is 9.91. The lowest BCUT2D eigenvalue weighted by Crippen LogP contribution is -2.39. The number of rotatable bonds is 5. The van der Waals surface area contributed by atoms with Crippen LogP contribution in [0.4, 0.5) is 4.79 Å². The monoisotopic (exact) mass is 335 g/mol. The van der Waals surface area contributed by atoms with Crippen molar-refractivity contribution in [3.63, 3.8) is 0 Å². The highest BCUT2D eigenvalue weighted by atomic mass is 16.6. The summed E-state index contributed by atoms with van der Waals surface area (Å²) in [5, 5.41) is 1.97. The van der Waals surface area contributed by atoms with Crippen molar-refractivity contribution in [2.45, 2.75) is 52.6 Å². The Balaban J connectivity index is 2.94. The molecule has 2 amide bonds. The zero-order chi connectivity index (χ0) is 18.4. The third-order valence-corrected chi connectivity index (χ3v) is 3.65. The third-order valence-electron chi connectivity index (χ3n) is 3.65. The lowest BCUT2D eigenvalue weighted by Gasteiger charge is -2.17. The molecule has 132 valence electrons. The van der Waals surface area contributed by atoms with E-state index in [-0.39, 0.29) is 5.92 Å². The first-order valence-corrected chi connectivity index (χ1v) is 7.91. The molecule has 0 heterocycles. The number of esters is 1. The molecule has 0 bridgehead atoms. The molecule has 1 atom stereocenters. The van der Waals surface area contributed by atoms with Crippen LogP contribution in [-0.4, -0.2) is 31.2 Å². The highest BCUT2D eigenvalue weighted by molar-refractivity contribution is 5.97. The van der Waals surface area contributed by atoms with Gasteiger partial charge in [-0.25, -0.2) is 9.59 Å². The SMILES string of the molecule is COC(=O)NC(=O)[C@@H](C)OC(=O)c1ccc(C(C)C)cc1C(C)C. The van der Waals surface area contributed by atoms with Crippen LogP contribution in [0, 0.1) is 0 Å². The van der Waals surface area contributed by atoms with Crippen molar-refractivity contribution >= 4 is 18.0 Å². The van der Waals surface area contributed by atoms with Gasteiger partial charge in [-0.05, 0) is 36.0 Å². The quantitative estimate of drug-likeness (QED) is 0.834. The average Bonchev–Trinajstić information content (AvgIpc) is 2.53. The number of carbonyl (C=O) groups excluding carboxylic acids is 3. The maximum Gasteiger partial charge on any atom is 0.413 e. The number of imide groups is 1. The molecule has 0 fully saturated rings. The van der Waals surface area contributed by atoms with Crippen LogP contribution in [-0.2, 0) is 14.3 Å². The largest absolute Gasteiger partial charge is 0.453 e. The van der Waals surface area contributed by atoms with E-state index in [4.69, 9.17) is 4.74 Å². The van der Waals surface area contributed by atoms with E-state index in [1.807, 2.05) is 31.3 Å². The van der Waals surface area contributed by atoms with Crippen molar-refractivity contribution in [3.05, 3.63) is 34.9 Å². The van der Waals surface area contributed by atoms with Crippen molar-refractivity contribution in [1.29, 1.82) is 0 Å². The molecule has 1 N–H and O–H groups in total. The Labute approximate surface area is 142 Å². The first-order valence-electron chi connectivity index (χ1n) is 7.91. The van der Waals surface area contributed by atoms with Crippen molar-refractivity contribution < 1.29 is 23.9 Å². The van der Waals surface area contributed by atoms with Crippen LogP contribution >= 0.6 is 0 Å². The van der Waals surface area contributed by atoms with Gasteiger partial charge in [0.25, 0.3) is 5.91 Å². The standard InChI is InChI=1S/C18H25NO5/c1-10(2)13-7-8-14(15(9-13)11(3)4)17(21)24-12(5)16(20)19-18(22)23-6/h7-12H,1-6H3,(H,19,20,22)/t12-/m1/s1. The molecule has 1 aromatic carbocycles. The van der Waals surface area contributed by atoms with Gasteiger partial charge in [0.15, 0.2) is 6.10 Å². The van der Waals surface area contributed by atoms with Gasteiger partial charge in [-0.15, -0.1) is 0 Å². The Morgan fingerprint density at radius 2 is 1.62 bits per heavy atom. The molecule has 6 nitrogen and oxygen atoms in total. The molecule has 0 aliphatic rings. The van der Waals surface area contributed by atoms with Crippen LogP contribution in [0.25, 0.3) is 0 Å².